The summed E-state index contributed by atoms with van der Waals surface area (Å²) in [6.07, 6.45) is 4.88. The van der Waals surface area contributed by atoms with Crippen LogP contribution in [0.25, 0.3) is 0 Å². The molecule has 0 aromatic carbocycles. The summed E-state index contributed by atoms with van der Waals surface area (Å²) in [7, 11) is 0. The quantitative estimate of drug-likeness (QED) is 0.764. The molecular formula is C15H22O3. The molecule has 1 fully saturated rings. The fourth-order valence-corrected chi connectivity index (χ4v) is 2.84. The highest BCUT2D eigenvalue weighted by atomic mass is 16.6. The Labute approximate surface area is 109 Å². The van der Waals surface area contributed by atoms with Crippen molar-refractivity contribution in [3.63, 3.8) is 0 Å². The molecule has 1 aliphatic carbocycles. The molecule has 0 aliphatic heterocycles. The standard InChI is InChI=1S/C15H22O3/c1-10(2)12-7-6-11(3)9-14(12)18-15(16)13-5-4-8-17-13/h4-5,8,10-12,14H,6-7,9H2,1-3H3. The van der Waals surface area contributed by atoms with Crippen LogP contribution in [0.4, 0.5) is 0 Å². The molecule has 1 aliphatic rings. The van der Waals surface area contributed by atoms with Gasteiger partial charge in [-0.3, -0.25) is 0 Å². The topological polar surface area (TPSA) is 39.4 Å². The first-order valence-electron chi connectivity index (χ1n) is 6.82. The van der Waals surface area contributed by atoms with Crippen molar-refractivity contribution in [1.82, 2.24) is 0 Å². The van der Waals surface area contributed by atoms with Gasteiger partial charge < -0.3 is 9.15 Å². The van der Waals surface area contributed by atoms with Crippen LogP contribution in [0.3, 0.4) is 0 Å². The number of esters is 1. The summed E-state index contributed by atoms with van der Waals surface area (Å²) in [5, 5.41) is 0. The Kier molecular flexibility index (Phi) is 4.10. The third-order valence-corrected chi connectivity index (χ3v) is 3.94. The Hall–Kier alpha value is -1.25. The van der Waals surface area contributed by atoms with Gasteiger partial charge in [0.1, 0.15) is 6.10 Å². The number of carbonyl (C=O) groups is 1. The van der Waals surface area contributed by atoms with E-state index in [9.17, 15) is 4.79 Å². The van der Waals surface area contributed by atoms with Crippen LogP contribution in [0, 0.1) is 17.8 Å². The smallest absolute Gasteiger partial charge is 0.374 e. The van der Waals surface area contributed by atoms with E-state index in [1.807, 2.05) is 0 Å². The van der Waals surface area contributed by atoms with Crippen LogP contribution in [0.1, 0.15) is 50.6 Å². The zero-order valence-corrected chi connectivity index (χ0v) is 11.4. The molecule has 0 saturated heterocycles. The van der Waals surface area contributed by atoms with Gasteiger partial charge in [-0.2, -0.15) is 0 Å². The normalized spacial score (nSPS) is 28.3. The minimum absolute atomic E-state index is 0.0337. The highest BCUT2D eigenvalue weighted by Crippen LogP contribution is 2.35. The SMILES string of the molecule is CC1CCC(C(C)C)C(OC(=O)c2ccco2)C1. The van der Waals surface area contributed by atoms with Crippen LogP contribution in [0.2, 0.25) is 0 Å². The third kappa shape index (κ3) is 2.95. The van der Waals surface area contributed by atoms with Gasteiger partial charge in [-0.15, -0.1) is 0 Å². The number of furan rings is 1. The van der Waals surface area contributed by atoms with Crippen molar-refractivity contribution in [3.8, 4) is 0 Å². The Bertz CT molecular complexity index is 380. The van der Waals surface area contributed by atoms with Crippen molar-refractivity contribution in [2.24, 2.45) is 17.8 Å². The van der Waals surface area contributed by atoms with Crippen molar-refractivity contribution >= 4 is 5.97 Å². The Morgan fingerprint density at radius 1 is 1.44 bits per heavy atom. The van der Waals surface area contributed by atoms with Gasteiger partial charge in [0.2, 0.25) is 5.76 Å². The zero-order valence-electron chi connectivity index (χ0n) is 11.4. The number of hydrogen-bond acceptors (Lipinski definition) is 3. The van der Waals surface area contributed by atoms with Crippen molar-refractivity contribution in [2.75, 3.05) is 0 Å². The first-order chi connectivity index (χ1) is 8.58. The van der Waals surface area contributed by atoms with Gasteiger partial charge in [-0.05, 0) is 42.7 Å². The van der Waals surface area contributed by atoms with Gasteiger partial charge in [-0.1, -0.05) is 27.2 Å². The van der Waals surface area contributed by atoms with E-state index in [2.05, 4.69) is 20.8 Å². The lowest BCUT2D eigenvalue weighted by atomic mass is 9.75. The maximum atomic E-state index is 11.9. The highest BCUT2D eigenvalue weighted by molar-refractivity contribution is 5.86. The van der Waals surface area contributed by atoms with Crippen LogP contribution < -0.4 is 0 Å². The summed E-state index contributed by atoms with van der Waals surface area (Å²) >= 11 is 0. The molecule has 0 spiro atoms. The van der Waals surface area contributed by atoms with Crippen molar-refractivity contribution in [1.29, 1.82) is 0 Å². The highest BCUT2D eigenvalue weighted by Gasteiger charge is 2.33. The van der Waals surface area contributed by atoms with Gasteiger partial charge in [0.15, 0.2) is 0 Å². The van der Waals surface area contributed by atoms with E-state index in [1.54, 1.807) is 12.1 Å². The van der Waals surface area contributed by atoms with Crippen molar-refractivity contribution < 1.29 is 13.9 Å². The van der Waals surface area contributed by atoms with Gasteiger partial charge in [-0.25, -0.2) is 4.79 Å². The van der Waals surface area contributed by atoms with Gasteiger partial charge >= 0.3 is 5.97 Å². The minimum atomic E-state index is -0.329. The van der Waals surface area contributed by atoms with Crippen LogP contribution in [0.15, 0.2) is 22.8 Å². The number of ether oxygens (including phenoxy) is 1. The lowest BCUT2D eigenvalue weighted by Crippen LogP contribution is -2.35. The molecule has 0 radical (unpaired) electrons. The molecule has 100 valence electrons. The van der Waals surface area contributed by atoms with Crippen LogP contribution in [0.5, 0.6) is 0 Å². The molecule has 3 heteroatoms. The van der Waals surface area contributed by atoms with Crippen molar-refractivity contribution in [2.45, 2.75) is 46.1 Å². The maximum Gasteiger partial charge on any atom is 0.374 e. The Morgan fingerprint density at radius 3 is 2.83 bits per heavy atom. The predicted octanol–water partition coefficient (Wildman–Crippen LogP) is 3.90. The maximum absolute atomic E-state index is 11.9. The molecule has 18 heavy (non-hydrogen) atoms. The van der Waals surface area contributed by atoms with Crippen molar-refractivity contribution in [3.05, 3.63) is 24.2 Å². The van der Waals surface area contributed by atoms with Crippen LogP contribution in [-0.2, 0) is 4.74 Å². The number of carbonyl (C=O) groups excluding carboxylic acids is 1. The van der Waals surface area contributed by atoms with Gasteiger partial charge in [0.05, 0.1) is 6.26 Å². The lowest BCUT2D eigenvalue weighted by Gasteiger charge is -2.36. The van der Waals surface area contributed by atoms with Crippen LogP contribution >= 0.6 is 0 Å². The number of rotatable bonds is 3. The first-order valence-corrected chi connectivity index (χ1v) is 6.82. The predicted molar refractivity (Wildman–Crippen MR) is 69.3 cm³/mol. The average Bonchev–Trinajstić information content (AvgIpc) is 2.81. The molecule has 3 atom stereocenters. The fraction of sp³-hybridized carbons (Fsp3) is 0.667. The molecule has 1 aromatic heterocycles. The zero-order chi connectivity index (χ0) is 13.1. The molecular weight excluding hydrogens is 228 g/mol. The van der Waals surface area contributed by atoms with E-state index in [1.165, 1.54) is 12.7 Å². The molecule has 1 aromatic rings. The number of hydrogen-bond donors (Lipinski definition) is 0. The second-order valence-corrected chi connectivity index (χ2v) is 5.75. The van der Waals surface area contributed by atoms with E-state index < -0.39 is 0 Å². The second-order valence-electron chi connectivity index (χ2n) is 5.75. The minimum Gasteiger partial charge on any atom is -0.457 e. The largest absolute Gasteiger partial charge is 0.457 e. The molecule has 2 rings (SSSR count). The molecule has 0 amide bonds. The Morgan fingerprint density at radius 2 is 2.22 bits per heavy atom. The van der Waals surface area contributed by atoms with E-state index in [0.29, 0.717) is 23.5 Å². The molecule has 0 bridgehead atoms. The monoisotopic (exact) mass is 250 g/mol. The summed E-state index contributed by atoms with van der Waals surface area (Å²) in [5.74, 6) is 1.63. The second kappa shape index (κ2) is 5.59. The summed E-state index contributed by atoms with van der Waals surface area (Å²) in [6, 6.07) is 3.36. The fourth-order valence-electron chi connectivity index (χ4n) is 2.84. The molecule has 3 nitrogen and oxygen atoms in total. The molecule has 1 heterocycles. The summed E-state index contributed by atoms with van der Waals surface area (Å²) < 4.78 is 10.7. The van der Waals surface area contributed by atoms with Crippen LogP contribution in [-0.4, -0.2) is 12.1 Å². The van der Waals surface area contributed by atoms with E-state index in [-0.39, 0.29) is 12.1 Å². The van der Waals surface area contributed by atoms with Gasteiger partial charge in [0.25, 0.3) is 0 Å². The summed E-state index contributed by atoms with van der Waals surface area (Å²) in [6.45, 7) is 6.63. The van der Waals surface area contributed by atoms with E-state index in [4.69, 9.17) is 9.15 Å². The molecule has 1 saturated carbocycles. The van der Waals surface area contributed by atoms with E-state index >= 15 is 0 Å². The average molecular weight is 250 g/mol. The molecule has 3 unspecified atom stereocenters. The van der Waals surface area contributed by atoms with Gasteiger partial charge in [0, 0.05) is 0 Å². The molecule has 0 N–H and O–H groups in total. The Balaban J connectivity index is 2.02. The van der Waals surface area contributed by atoms with E-state index in [0.717, 1.165) is 12.8 Å². The first kappa shape index (κ1) is 13.2. The summed E-state index contributed by atoms with van der Waals surface area (Å²) in [4.78, 5) is 11.9. The third-order valence-electron chi connectivity index (χ3n) is 3.94. The summed E-state index contributed by atoms with van der Waals surface area (Å²) in [5.41, 5.74) is 0. The lowest BCUT2D eigenvalue weighted by molar-refractivity contribution is -0.0198.